The van der Waals surface area contributed by atoms with Gasteiger partial charge in [-0.25, -0.2) is 13.2 Å². The Morgan fingerprint density at radius 2 is 2.24 bits per heavy atom. The number of ether oxygens (including phenoxy) is 1. The SMILES string of the molecule is CCOC(=O)N1CC(=O)N[C@@H]2CS(=O)(=O)C[C@@H]21. The monoisotopic (exact) mass is 262 g/mol. The van der Waals surface area contributed by atoms with Crippen LogP contribution < -0.4 is 5.32 Å². The van der Waals surface area contributed by atoms with E-state index in [0.717, 1.165) is 0 Å². The Labute approximate surface area is 99.0 Å². The summed E-state index contributed by atoms with van der Waals surface area (Å²) in [5.41, 5.74) is 0. The number of amides is 2. The van der Waals surface area contributed by atoms with Crippen LogP contribution in [0.25, 0.3) is 0 Å². The molecule has 2 saturated heterocycles. The number of hydrogen-bond donors (Lipinski definition) is 1. The van der Waals surface area contributed by atoms with Crippen molar-refractivity contribution < 1.29 is 22.7 Å². The molecular formula is C9H14N2O5S. The molecule has 0 aliphatic carbocycles. The molecular weight excluding hydrogens is 248 g/mol. The van der Waals surface area contributed by atoms with Crippen molar-refractivity contribution in [2.24, 2.45) is 0 Å². The topological polar surface area (TPSA) is 92.8 Å². The molecule has 2 atom stereocenters. The first kappa shape index (κ1) is 12.2. The van der Waals surface area contributed by atoms with Crippen molar-refractivity contribution in [3.63, 3.8) is 0 Å². The molecule has 1 N–H and O–H groups in total. The zero-order chi connectivity index (χ0) is 12.6. The van der Waals surface area contributed by atoms with Crippen molar-refractivity contribution in [3.05, 3.63) is 0 Å². The molecule has 2 rings (SSSR count). The van der Waals surface area contributed by atoms with Gasteiger partial charge in [0, 0.05) is 0 Å². The second-order valence-corrected chi connectivity index (χ2v) is 6.30. The second-order valence-electron chi connectivity index (χ2n) is 4.15. The molecule has 0 saturated carbocycles. The number of nitrogens with one attached hydrogen (secondary N) is 1. The Morgan fingerprint density at radius 1 is 1.53 bits per heavy atom. The smallest absolute Gasteiger partial charge is 0.410 e. The molecule has 0 bridgehead atoms. The fourth-order valence-corrected chi connectivity index (χ4v) is 4.13. The van der Waals surface area contributed by atoms with Crippen molar-refractivity contribution in [3.8, 4) is 0 Å². The third kappa shape index (κ3) is 2.36. The van der Waals surface area contributed by atoms with Crippen LogP contribution in [-0.2, 0) is 19.4 Å². The second kappa shape index (κ2) is 4.17. The van der Waals surface area contributed by atoms with E-state index < -0.39 is 28.0 Å². The third-order valence-electron chi connectivity index (χ3n) is 2.89. The zero-order valence-corrected chi connectivity index (χ0v) is 10.2. The molecule has 8 heteroatoms. The standard InChI is InChI=1S/C9H14N2O5S/c1-2-16-9(13)11-3-8(12)10-6-4-17(14,15)5-7(6)11/h6-7H,2-5H2,1H3,(H,10,12)/t6-,7+/m1/s1. The van der Waals surface area contributed by atoms with Gasteiger partial charge in [0.1, 0.15) is 6.54 Å². The number of rotatable bonds is 1. The number of sulfone groups is 1. The van der Waals surface area contributed by atoms with Gasteiger partial charge >= 0.3 is 6.09 Å². The minimum absolute atomic E-state index is 0.112. The maximum Gasteiger partial charge on any atom is 0.410 e. The van der Waals surface area contributed by atoms with Crippen molar-refractivity contribution >= 4 is 21.8 Å². The van der Waals surface area contributed by atoms with Crippen LogP contribution >= 0.6 is 0 Å². The lowest BCUT2D eigenvalue weighted by molar-refractivity contribution is -0.126. The summed E-state index contributed by atoms with van der Waals surface area (Å²) in [4.78, 5) is 24.2. The van der Waals surface area contributed by atoms with Crippen LogP contribution in [0, 0.1) is 0 Å². The minimum atomic E-state index is -3.20. The summed E-state index contributed by atoms with van der Waals surface area (Å²) < 4.78 is 27.8. The van der Waals surface area contributed by atoms with Gasteiger partial charge in [-0.1, -0.05) is 0 Å². The van der Waals surface area contributed by atoms with Crippen LogP contribution in [0.2, 0.25) is 0 Å². The molecule has 0 aromatic carbocycles. The van der Waals surface area contributed by atoms with E-state index in [1.54, 1.807) is 6.92 Å². The first-order valence-electron chi connectivity index (χ1n) is 5.36. The van der Waals surface area contributed by atoms with Crippen molar-refractivity contribution in [2.75, 3.05) is 24.7 Å². The van der Waals surface area contributed by atoms with Gasteiger partial charge < -0.3 is 10.1 Å². The quantitative estimate of drug-likeness (QED) is 0.636. The lowest BCUT2D eigenvalue weighted by atomic mass is 10.1. The van der Waals surface area contributed by atoms with Gasteiger partial charge in [0.25, 0.3) is 0 Å². The molecule has 2 aliphatic rings. The number of carbonyl (C=O) groups is 2. The molecule has 17 heavy (non-hydrogen) atoms. The average molecular weight is 262 g/mol. The summed E-state index contributed by atoms with van der Waals surface area (Å²) in [6.45, 7) is 1.71. The summed E-state index contributed by atoms with van der Waals surface area (Å²) >= 11 is 0. The van der Waals surface area contributed by atoms with E-state index in [1.165, 1.54) is 4.90 Å². The van der Waals surface area contributed by atoms with Crippen molar-refractivity contribution in [1.82, 2.24) is 10.2 Å². The molecule has 0 spiro atoms. The molecule has 2 heterocycles. The lowest BCUT2D eigenvalue weighted by Crippen LogP contribution is -2.61. The Balaban J connectivity index is 2.21. The van der Waals surface area contributed by atoms with E-state index in [9.17, 15) is 18.0 Å². The number of fused-ring (bicyclic) bond motifs is 1. The van der Waals surface area contributed by atoms with Crippen LogP contribution in [0.3, 0.4) is 0 Å². The van der Waals surface area contributed by atoms with E-state index >= 15 is 0 Å². The largest absolute Gasteiger partial charge is 0.450 e. The van der Waals surface area contributed by atoms with Crippen molar-refractivity contribution in [2.45, 2.75) is 19.0 Å². The number of piperazine rings is 1. The minimum Gasteiger partial charge on any atom is -0.450 e. The number of carbonyl (C=O) groups excluding carboxylic acids is 2. The van der Waals surface area contributed by atoms with Gasteiger partial charge in [0.05, 0.1) is 30.2 Å². The highest BCUT2D eigenvalue weighted by Crippen LogP contribution is 2.22. The van der Waals surface area contributed by atoms with Crippen LogP contribution in [0.15, 0.2) is 0 Å². The fourth-order valence-electron chi connectivity index (χ4n) is 2.20. The summed E-state index contributed by atoms with van der Waals surface area (Å²) in [5, 5.41) is 2.59. The molecule has 7 nitrogen and oxygen atoms in total. The zero-order valence-electron chi connectivity index (χ0n) is 9.38. The van der Waals surface area contributed by atoms with Gasteiger partial charge in [0.15, 0.2) is 9.84 Å². The van der Waals surface area contributed by atoms with E-state index in [2.05, 4.69) is 5.32 Å². The van der Waals surface area contributed by atoms with Crippen LogP contribution in [0.5, 0.6) is 0 Å². The summed E-state index contributed by atoms with van der Waals surface area (Å²) in [5.74, 6) is -0.577. The van der Waals surface area contributed by atoms with Crippen LogP contribution in [-0.4, -0.2) is 62.1 Å². The molecule has 0 aromatic rings. The maximum atomic E-state index is 11.6. The number of nitrogens with zero attached hydrogens (tertiary/aromatic N) is 1. The Hall–Kier alpha value is -1.31. The molecule has 0 unspecified atom stereocenters. The predicted molar refractivity (Wildman–Crippen MR) is 58.1 cm³/mol. The van der Waals surface area contributed by atoms with Gasteiger partial charge in [-0.15, -0.1) is 0 Å². The molecule has 0 aromatic heterocycles. The van der Waals surface area contributed by atoms with E-state index in [-0.39, 0.29) is 30.6 Å². The van der Waals surface area contributed by atoms with Gasteiger partial charge in [-0.05, 0) is 6.92 Å². The first-order chi connectivity index (χ1) is 7.93. The van der Waals surface area contributed by atoms with Crippen LogP contribution in [0.1, 0.15) is 6.92 Å². The Morgan fingerprint density at radius 3 is 2.88 bits per heavy atom. The Bertz CT molecular complexity index is 446. The van der Waals surface area contributed by atoms with E-state index in [1.807, 2.05) is 0 Å². The normalized spacial score (nSPS) is 30.6. The summed E-state index contributed by atoms with van der Waals surface area (Å²) in [6, 6.07) is -1.01. The molecule has 0 radical (unpaired) electrons. The van der Waals surface area contributed by atoms with Crippen molar-refractivity contribution in [1.29, 1.82) is 0 Å². The van der Waals surface area contributed by atoms with Gasteiger partial charge in [-0.2, -0.15) is 0 Å². The predicted octanol–water partition coefficient (Wildman–Crippen LogP) is -1.26. The molecule has 96 valence electrons. The Kier molecular flexibility index (Phi) is 2.98. The summed E-state index contributed by atoms with van der Waals surface area (Å²) in [6.07, 6.45) is -0.630. The van der Waals surface area contributed by atoms with Crippen LogP contribution in [0.4, 0.5) is 4.79 Å². The van der Waals surface area contributed by atoms with Gasteiger partial charge in [-0.3, -0.25) is 9.69 Å². The summed E-state index contributed by atoms with van der Waals surface area (Å²) in [7, 11) is -3.20. The highest BCUT2D eigenvalue weighted by Gasteiger charge is 2.47. The highest BCUT2D eigenvalue weighted by atomic mass is 32.2. The maximum absolute atomic E-state index is 11.6. The highest BCUT2D eigenvalue weighted by molar-refractivity contribution is 7.91. The molecule has 2 fully saturated rings. The van der Waals surface area contributed by atoms with E-state index in [0.29, 0.717) is 0 Å². The molecule has 2 amide bonds. The third-order valence-corrected chi connectivity index (χ3v) is 4.60. The lowest BCUT2D eigenvalue weighted by Gasteiger charge is -2.35. The number of hydrogen-bond acceptors (Lipinski definition) is 5. The van der Waals surface area contributed by atoms with E-state index in [4.69, 9.17) is 4.74 Å². The average Bonchev–Trinajstić information content (AvgIpc) is 2.51. The molecule has 2 aliphatic heterocycles. The first-order valence-corrected chi connectivity index (χ1v) is 7.18. The van der Waals surface area contributed by atoms with Gasteiger partial charge in [0.2, 0.25) is 5.91 Å². The fraction of sp³-hybridized carbons (Fsp3) is 0.778.